The number of Topliss-reactive ketones (excluding diaryl/α,β-unsaturated/α-hetero) is 1. The monoisotopic (exact) mass is 381 g/mol. The molecule has 1 heterocycles. The van der Waals surface area contributed by atoms with Gasteiger partial charge in [-0.1, -0.05) is 12.1 Å². The lowest BCUT2D eigenvalue weighted by Crippen LogP contribution is -3.08. The molecule has 116 valence electrons. The van der Waals surface area contributed by atoms with Crippen LogP contribution in [0.2, 0.25) is 0 Å². The summed E-state index contributed by atoms with van der Waals surface area (Å²) >= 11 is 5.11. The van der Waals surface area contributed by atoms with Gasteiger partial charge in [0.15, 0.2) is 12.3 Å². The van der Waals surface area contributed by atoms with Crippen LogP contribution in [0.25, 0.3) is 0 Å². The van der Waals surface area contributed by atoms with Gasteiger partial charge in [-0.25, -0.2) is 0 Å². The summed E-state index contributed by atoms with van der Waals surface area (Å²) in [5.74, 6) is -0.151. The first-order valence-electron chi connectivity index (χ1n) is 6.91. The van der Waals surface area contributed by atoms with Gasteiger partial charge in [0.25, 0.3) is 5.91 Å². The van der Waals surface area contributed by atoms with E-state index in [1.54, 1.807) is 29.5 Å². The van der Waals surface area contributed by atoms with Gasteiger partial charge in [-0.2, -0.15) is 0 Å². The molecule has 1 atom stereocenters. The third kappa shape index (κ3) is 4.76. The van der Waals surface area contributed by atoms with Crippen LogP contribution >= 0.6 is 27.3 Å². The van der Waals surface area contributed by atoms with Crippen LogP contribution in [0.3, 0.4) is 0 Å². The van der Waals surface area contributed by atoms with Crippen molar-refractivity contribution in [1.82, 2.24) is 0 Å². The van der Waals surface area contributed by atoms with Gasteiger partial charge in [0.05, 0.1) is 21.4 Å². The summed E-state index contributed by atoms with van der Waals surface area (Å²) in [5, 5.41) is 2.83. The van der Waals surface area contributed by atoms with Crippen LogP contribution in [0.1, 0.15) is 22.2 Å². The maximum Gasteiger partial charge on any atom is 0.279 e. The van der Waals surface area contributed by atoms with Crippen molar-refractivity contribution < 1.29 is 14.5 Å². The first kappa shape index (κ1) is 16.9. The second-order valence-electron chi connectivity index (χ2n) is 5.17. The standard InChI is InChI=1S/C16H17BrN2O2S/c1-11(20)13-5-3-4-6-14(13)18-16(21)10-19(2)9-12-7-8-15(17)22-12/h3-8H,9-10H2,1-2H3,(H,18,21)/p+1. The minimum Gasteiger partial charge on any atom is -0.325 e. The van der Waals surface area contributed by atoms with Gasteiger partial charge in [0, 0.05) is 5.56 Å². The molecule has 1 unspecified atom stereocenters. The number of nitrogens with one attached hydrogen (secondary N) is 2. The molecule has 1 aromatic carbocycles. The molecule has 0 saturated heterocycles. The summed E-state index contributed by atoms with van der Waals surface area (Å²) in [5.41, 5.74) is 1.11. The molecule has 2 aromatic rings. The predicted molar refractivity (Wildman–Crippen MR) is 92.6 cm³/mol. The van der Waals surface area contributed by atoms with Crippen molar-refractivity contribution in [1.29, 1.82) is 0 Å². The average molecular weight is 382 g/mol. The second-order valence-corrected chi connectivity index (χ2v) is 7.71. The zero-order valence-corrected chi connectivity index (χ0v) is 14.9. The highest BCUT2D eigenvalue weighted by atomic mass is 79.9. The fourth-order valence-corrected chi connectivity index (χ4v) is 3.77. The first-order valence-corrected chi connectivity index (χ1v) is 8.52. The van der Waals surface area contributed by atoms with Crippen LogP contribution in [-0.2, 0) is 11.3 Å². The molecule has 22 heavy (non-hydrogen) atoms. The average Bonchev–Trinajstić information content (AvgIpc) is 2.83. The third-order valence-electron chi connectivity index (χ3n) is 3.15. The number of ketones is 1. The van der Waals surface area contributed by atoms with E-state index in [-0.39, 0.29) is 11.7 Å². The number of quaternary nitrogens is 1. The van der Waals surface area contributed by atoms with E-state index in [1.807, 2.05) is 19.2 Å². The van der Waals surface area contributed by atoms with Crippen LogP contribution in [0.4, 0.5) is 5.69 Å². The van der Waals surface area contributed by atoms with Crippen LogP contribution < -0.4 is 10.2 Å². The Morgan fingerprint density at radius 2 is 1.95 bits per heavy atom. The quantitative estimate of drug-likeness (QED) is 0.754. The van der Waals surface area contributed by atoms with Crippen molar-refractivity contribution in [3.8, 4) is 0 Å². The number of anilines is 1. The number of thiophene rings is 1. The SMILES string of the molecule is CC(=O)c1ccccc1NC(=O)C[NH+](C)Cc1ccc(Br)s1. The molecule has 4 nitrogen and oxygen atoms in total. The van der Waals surface area contributed by atoms with E-state index >= 15 is 0 Å². The van der Waals surface area contributed by atoms with Gasteiger partial charge in [-0.3, -0.25) is 9.59 Å². The number of carbonyl (C=O) groups excluding carboxylic acids is 2. The molecule has 0 fully saturated rings. The van der Waals surface area contributed by atoms with E-state index in [0.29, 0.717) is 17.8 Å². The molecule has 1 amide bonds. The highest BCUT2D eigenvalue weighted by Gasteiger charge is 2.14. The molecule has 0 aliphatic carbocycles. The van der Waals surface area contributed by atoms with E-state index < -0.39 is 0 Å². The number of rotatable bonds is 6. The lowest BCUT2D eigenvalue weighted by Gasteiger charge is -2.14. The minimum absolute atomic E-state index is 0.0555. The molecule has 0 bridgehead atoms. The Morgan fingerprint density at radius 1 is 1.23 bits per heavy atom. The summed E-state index contributed by atoms with van der Waals surface area (Å²) < 4.78 is 1.09. The molecule has 2 N–H and O–H groups in total. The minimum atomic E-state index is -0.0955. The number of likely N-dealkylation sites (N-methyl/N-ethyl adjacent to an activating group) is 1. The molecule has 0 saturated carbocycles. The molecule has 0 aliphatic rings. The smallest absolute Gasteiger partial charge is 0.279 e. The second kappa shape index (κ2) is 7.67. The fourth-order valence-electron chi connectivity index (χ4n) is 2.17. The third-order valence-corrected chi connectivity index (χ3v) is 4.77. The van der Waals surface area contributed by atoms with Crippen molar-refractivity contribution >= 4 is 44.6 Å². The largest absolute Gasteiger partial charge is 0.325 e. The van der Waals surface area contributed by atoms with Crippen molar-refractivity contribution in [2.24, 2.45) is 0 Å². The van der Waals surface area contributed by atoms with Crippen molar-refractivity contribution in [3.63, 3.8) is 0 Å². The number of carbonyl (C=O) groups is 2. The summed E-state index contributed by atoms with van der Waals surface area (Å²) in [6.45, 7) is 2.64. The molecule has 2 rings (SSSR count). The van der Waals surface area contributed by atoms with E-state index in [9.17, 15) is 9.59 Å². The van der Waals surface area contributed by atoms with Gasteiger partial charge in [0.2, 0.25) is 0 Å². The van der Waals surface area contributed by atoms with Crippen molar-refractivity contribution in [2.75, 3.05) is 18.9 Å². The van der Waals surface area contributed by atoms with Gasteiger partial charge >= 0.3 is 0 Å². The van der Waals surface area contributed by atoms with E-state index in [2.05, 4.69) is 27.3 Å². The number of amides is 1. The Labute approximate surface area is 142 Å². The Hall–Kier alpha value is -1.50. The van der Waals surface area contributed by atoms with Gasteiger partial charge in [0.1, 0.15) is 6.54 Å². The van der Waals surface area contributed by atoms with Crippen molar-refractivity contribution in [2.45, 2.75) is 13.5 Å². The Kier molecular flexibility index (Phi) is 5.88. The summed E-state index contributed by atoms with van der Waals surface area (Å²) in [4.78, 5) is 26.0. The lowest BCUT2D eigenvalue weighted by atomic mass is 10.1. The van der Waals surface area contributed by atoms with E-state index in [0.717, 1.165) is 15.2 Å². The normalized spacial score (nSPS) is 12.0. The molecule has 0 spiro atoms. The number of hydrogen-bond acceptors (Lipinski definition) is 3. The van der Waals surface area contributed by atoms with E-state index in [1.165, 1.54) is 11.8 Å². The predicted octanol–water partition coefficient (Wildman–Crippen LogP) is 2.37. The molecule has 0 radical (unpaired) electrons. The van der Waals surface area contributed by atoms with Gasteiger partial charge in [-0.05, 0) is 47.1 Å². The summed E-state index contributed by atoms with van der Waals surface area (Å²) in [6.07, 6.45) is 0. The number of benzene rings is 1. The molecule has 0 aliphatic heterocycles. The maximum absolute atomic E-state index is 12.1. The Balaban J connectivity index is 1.94. The molecule has 6 heteroatoms. The zero-order valence-electron chi connectivity index (χ0n) is 12.5. The maximum atomic E-state index is 12.1. The Bertz CT molecular complexity index is 684. The van der Waals surface area contributed by atoms with Crippen molar-refractivity contribution in [3.05, 3.63) is 50.6 Å². The zero-order chi connectivity index (χ0) is 16.1. The Morgan fingerprint density at radius 3 is 2.59 bits per heavy atom. The summed E-state index contributed by atoms with van der Waals surface area (Å²) in [7, 11) is 1.98. The lowest BCUT2D eigenvalue weighted by molar-refractivity contribution is -0.884. The van der Waals surface area contributed by atoms with Gasteiger partial charge in [-0.15, -0.1) is 11.3 Å². The molecule has 1 aromatic heterocycles. The number of para-hydroxylation sites is 1. The van der Waals surface area contributed by atoms with E-state index in [4.69, 9.17) is 0 Å². The fraction of sp³-hybridized carbons (Fsp3) is 0.250. The molecular formula is C16H18BrN2O2S+. The van der Waals surface area contributed by atoms with Crippen LogP contribution in [-0.4, -0.2) is 25.3 Å². The number of hydrogen-bond donors (Lipinski definition) is 2. The topological polar surface area (TPSA) is 50.6 Å². The van der Waals surface area contributed by atoms with Crippen LogP contribution in [0, 0.1) is 0 Å². The first-order chi connectivity index (χ1) is 10.5. The highest BCUT2D eigenvalue weighted by Crippen LogP contribution is 2.21. The van der Waals surface area contributed by atoms with Gasteiger partial charge < -0.3 is 10.2 Å². The molecular weight excluding hydrogens is 364 g/mol. The van der Waals surface area contributed by atoms with Crippen LogP contribution in [0.15, 0.2) is 40.2 Å². The highest BCUT2D eigenvalue weighted by molar-refractivity contribution is 9.11. The van der Waals surface area contributed by atoms with Crippen LogP contribution in [0.5, 0.6) is 0 Å². The summed E-state index contributed by atoms with van der Waals surface area (Å²) in [6, 6.07) is 11.1. The number of halogens is 1.